The van der Waals surface area contributed by atoms with E-state index in [0.717, 1.165) is 10.2 Å². The number of fused-ring (bicyclic) bond motifs is 1. The van der Waals surface area contributed by atoms with Gasteiger partial charge in [0.15, 0.2) is 4.47 Å². The number of hydrazine groups is 1. The quantitative estimate of drug-likeness (QED) is 0.657. The van der Waals surface area contributed by atoms with Crippen LogP contribution in [0.2, 0.25) is 4.47 Å². The second-order valence-electron chi connectivity index (χ2n) is 6.77. The normalized spacial score (nSPS) is 11.4. The van der Waals surface area contributed by atoms with E-state index in [4.69, 9.17) is 11.6 Å². The van der Waals surface area contributed by atoms with Gasteiger partial charge in [0.1, 0.15) is 0 Å². The predicted molar refractivity (Wildman–Crippen MR) is 104 cm³/mol. The first-order valence-corrected chi connectivity index (χ1v) is 9.22. The van der Waals surface area contributed by atoms with Gasteiger partial charge in [-0.1, -0.05) is 29.8 Å². The maximum Gasteiger partial charge on any atom is 0.272 e. The number of hydrogen-bond donors (Lipinski definition) is 1. The summed E-state index contributed by atoms with van der Waals surface area (Å²) in [5.74, 6) is -0.635. The van der Waals surface area contributed by atoms with E-state index in [9.17, 15) is 9.59 Å². The molecule has 0 aliphatic rings. The third-order valence-electron chi connectivity index (χ3n) is 3.73. The number of carbonyl (C=O) groups excluding carboxylic acids is 2. The Bertz CT molecular complexity index is 964. The fourth-order valence-corrected chi connectivity index (χ4v) is 3.51. The van der Waals surface area contributed by atoms with Crippen molar-refractivity contribution in [2.75, 3.05) is 0 Å². The minimum absolute atomic E-state index is 0.298. The first-order valence-electron chi connectivity index (χ1n) is 8.02. The lowest BCUT2D eigenvalue weighted by molar-refractivity contribution is 0.0359. The molecule has 0 fully saturated rings. The summed E-state index contributed by atoms with van der Waals surface area (Å²) in [6.07, 6.45) is 0. The summed E-state index contributed by atoms with van der Waals surface area (Å²) in [5, 5.41) is 1.35. The molecule has 0 aliphatic heterocycles. The van der Waals surface area contributed by atoms with Gasteiger partial charge in [0.2, 0.25) is 0 Å². The molecule has 0 aliphatic carbocycles. The van der Waals surface area contributed by atoms with Crippen LogP contribution in [0.4, 0.5) is 0 Å². The minimum atomic E-state index is -0.609. The van der Waals surface area contributed by atoms with Crippen LogP contribution in [0.5, 0.6) is 0 Å². The van der Waals surface area contributed by atoms with Gasteiger partial charge in [0.05, 0.1) is 15.8 Å². The second-order valence-corrected chi connectivity index (χ2v) is 8.38. The number of rotatable bonds is 2. The number of amides is 2. The zero-order valence-electron chi connectivity index (χ0n) is 14.6. The van der Waals surface area contributed by atoms with Crippen LogP contribution in [0.3, 0.4) is 0 Å². The molecule has 26 heavy (non-hydrogen) atoms. The molecule has 2 aromatic carbocycles. The van der Waals surface area contributed by atoms with Crippen LogP contribution < -0.4 is 5.43 Å². The van der Waals surface area contributed by atoms with Crippen molar-refractivity contribution >= 4 is 45.0 Å². The number of hydrogen-bond acceptors (Lipinski definition) is 4. The molecule has 0 atom stereocenters. The third kappa shape index (κ3) is 3.86. The van der Waals surface area contributed by atoms with Crippen LogP contribution in [0.1, 0.15) is 41.5 Å². The molecule has 1 N–H and O–H groups in total. The SMILES string of the molecule is CC(C)(C)N(NC(=O)c1ccccc1)C(=O)c1ccc2nc(Cl)sc2c1. The van der Waals surface area contributed by atoms with Gasteiger partial charge in [-0.2, -0.15) is 0 Å². The first kappa shape index (κ1) is 18.4. The van der Waals surface area contributed by atoms with Gasteiger partial charge in [0.25, 0.3) is 11.8 Å². The molecule has 3 aromatic rings. The highest BCUT2D eigenvalue weighted by Gasteiger charge is 2.29. The number of aromatic nitrogens is 1. The zero-order chi connectivity index (χ0) is 18.9. The van der Waals surface area contributed by atoms with Gasteiger partial charge in [-0.05, 0) is 51.1 Å². The van der Waals surface area contributed by atoms with Gasteiger partial charge in [-0.3, -0.25) is 15.0 Å². The molecule has 1 aromatic heterocycles. The summed E-state index contributed by atoms with van der Waals surface area (Å²) in [7, 11) is 0. The highest BCUT2D eigenvalue weighted by Crippen LogP contribution is 2.27. The Morgan fingerprint density at radius 3 is 2.42 bits per heavy atom. The molecule has 0 spiro atoms. The summed E-state index contributed by atoms with van der Waals surface area (Å²) in [6.45, 7) is 5.58. The maximum atomic E-state index is 13.1. The van der Waals surface area contributed by atoms with Crippen molar-refractivity contribution in [1.82, 2.24) is 15.4 Å². The van der Waals surface area contributed by atoms with E-state index in [-0.39, 0.29) is 11.8 Å². The predicted octanol–water partition coefficient (Wildman–Crippen LogP) is 4.54. The Kier molecular flexibility index (Phi) is 4.98. The lowest BCUT2D eigenvalue weighted by Gasteiger charge is -2.35. The van der Waals surface area contributed by atoms with E-state index in [1.54, 1.807) is 42.5 Å². The zero-order valence-corrected chi connectivity index (χ0v) is 16.2. The molecule has 134 valence electrons. The molecule has 7 heteroatoms. The van der Waals surface area contributed by atoms with Crippen LogP contribution in [0.25, 0.3) is 10.2 Å². The molecule has 5 nitrogen and oxygen atoms in total. The van der Waals surface area contributed by atoms with Crippen molar-refractivity contribution in [3.05, 3.63) is 64.1 Å². The highest BCUT2D eigenvalue weighted by atomic mass is 35.5. The summed E-state index contributed by atoms with van der Waals surface area (Å²) in [4.78, 5) is 29.8. The standard InChI is InChI=1S/C19H18ClN3O2S/c1-19(2,3)23(22-16(24)12-7-5-4-6-8-12)17(25)13-9-10-14-15(11-13)26-18(20)21-14/h4-11H,1-3H3,(H,22,24). The third-order valence-corrected chi connectivity index (χ3v) is 4.86. The molecule has 0 radical (unpaired) electrons. The van der Waals surface area contributed by atoms with Gasteiger partial charge < -0.3 is 0 Å². The number of nitrogens with zero attached hydrogens (tertiary/aromatic N) is 2. The fraction of sp³-hybridized carbons (Fsp3) is 0.211. The largest absolute Gasteiger partial charge is 0.272 e. The average molecular weight is 388 g/mol. The molecular weight excluding hydrogens is 370 g/mol. The van der Waals surface area contributed by atoms with E-state index in [0.29, 0.717) is 15.6 Å². The van der Waals surface area contributed by atoms with E-state index in [1.807, 2.05) is 26.8 Å². The molecule has 0 saturated heterocycles. The fourth-order valence-electron chi connectivity index (χ4n) is 2.44. The Morgan fingerprint density at radius 1 is 1.08 bits per heavy atom. The van der Waals surface area contributed by atoms with Crippen molar-refractivity contribution in [3.8, 4) is 0 Å². The molecule has 0 saturated carbocycles. The number of carbonyl (C=O) groups is 2. The Hall–Kier alpha value is -2.44. The van der Waals surface area contributed by atoms with Crippen LogP contribution in [-0.2, 0) is 0 Å². The number of nitrogens with one attached hydrogen (secondary N) is 1. The number of thiazole rings is 1. The van der Waals surface area contributed by atoms with Gasteiger partial charge >= 0.3 is 0 Å². The lowest BCUT2D eigenvalue weighted by Crippen LogP contribution is -2.55. The van der Waals surface area contributed by atoms with Crippen molar-refractivity contribution in [1.29, 1.82) is 0 Å². The smallest absolute Gasteiger partial charge is 0.267 e. The first-order chi connectivity index (χ1) is 12.3. The minimum Gasteiger partial charge on any atom is -0.267 e. The second kappa shape index (κ2) is 7.05. The van der Waals surface area contributed by atoms with Gasteiger partial charge in [0, 0.05) is 11.1 Å². The van der Waals surface area contributed by atoms with Gasteiger partial charge in [-0.25, -0.2) is 9.99 Å². The average Bonchev–Trinajstić information content (AvgIpc) is 2.97. The van der Waals surface area contributed by atoms with E-state index >= 15 is 0 Å². The van der Waals surface area contributed by atoms with Crippen molar-refractivity contribution in [2.24, 2.45) is 0 Å². The van der Waals surface area contributed by atoms with E-state index in [1.165, 1.54) is 16.3 Å². The van der Waals surface area contributed by atoms with Crippen LogP contribution in [0, 0.1) is 0 Å². The lowest BCUT2D eigenvalue weighted by atomic mass is 10.1. The molecule has 0 unspecified atom stereocenters. The van der Waals surface area contributed by atoms with Crippen LogP contribution >= 0.6 is 22.9 Å². The molecule has 0 bridgehead atoms. The van der Waals surface area contributed by atoms with Crippen LogP contribution in [0.15, 0.2) is 48.5 Å². The number of benzene rings is 2. The maximum absolute atomic E-state index is 13.1. The van der Waals surface area contributed by atoms with Crippen molar-refractivity contribution in [3.63, 3.8) is 0 Å². The molecular formula is C19H18ClN3O2S. The Labute approximate surface area is 160 Å². The van der Waals surface area contributed by atoms with Crippen molar-refractivity contribution in [2.45, 2.75) is 26.3 Å². The number of halogens is 1. The van der Waals surface area contributed by atoms with E-state index < -0.39 is 5.54 Å². The topological polar surface area (TPSA) is 62.3 Å². The summed E-state index contributed by atoms with van der Waals surface area (Å²) in [6, 6.07) is 14.0. The summed E-state index contributed by atoms with van der Waals surface area (Å²) in [5.41, 5.74) is 3.81. The molecule has 1 heterocycles. The highest BCUT2D eigenvalue weighted by molar-refractivity contribution is 7.22. The molecule has 2 amide bonds. The summed E-state index contributed by atoms with van der Waals surface area (Å²) >= 11 is 7.25. The Morgan fingerprint density at radius 2 is 1.77 bits per heavy atom. The monoisotopic (exact) mass is 387 g/mol. The van der Waals surface area contributed by atoms with Gasteiger partial charge in [-0.15, -0.1) is 11.3 Å². The Balaban J connectivity index is 1.91. The van der Waals surface area contributed by atoms with Crippen molar-refractivity contribution < 1.29 is 9.59 Å². The molecule has 3 rings (SSSR count). The summed E-state index contributed by atoms with van der Waals surface area (Å²) < 4.78 is 1.25. The van der Waals surface area contributed by atoms with E-state index in [2.05, 4.69) is 10.4 Å². The van der Waals surface area contributed by atoms with Crippen LogP contribution in [-0.4, -0.2) is 27.3 Å².